The molecular weight excluding hydrogens is 542 g/mol. The van der Waals surface area contributed by atoms with E-state index in [9.17, 15) is 32.8 Å². The first-order valence-electron chi connectivity index (χ1n) is 14.0. The molecule has 0 aromatic heterocycles. The van der Waals surface area contributed by atoms with Crippen molar-refractivity contribution in [3.05, 3.63) is 0 Å². The van der Waals surface area contributed by atoms with Crippen LogP contribution in [0.3, 0.4) is 0 Å². The zero-order valence-corrected chi connectivity index (χ0v) is 25.6. The summed E-state index contributed by atoms with van der Waals surface area (Å²) in [6, 6.07) is -3.66. The monoisotopic (exact) mass is 588 g/mol. The molecule has 1 aliphatic heterocycles. The van der Waals surface area contributed by atoms with Crippen molar-refractivity contribution < 1.29 is 42.2 Å². The van der Waals surface area contributed by atoms with Gasteiger partial charge in [-0.1, -0.05) is 34.6 Å². The van der Waals surface area contributed by atoms with Crippen LogP contribution < -0.4 is 16.0 Å². The fraction of sp³-hybridized carbons (Fsp3) is 0.821. The van der Waals surface area contributed by atoms with Crippen molar-refractivity contribution in [2.45, 2.75) is 105 Å². The molecule has 0 aromatic carbocycles. The second-order valence-electron chi connectivity index (χ2n) is 13.4. The first-order chi connectivity index (χ1) is 18.7. The van der Waals surface area contributed by atoms with Gasteiger partial charge in [-0.3, -0.25) is 19.2 Å². The predicted molar refractivity (Wildman–Crippen MR) is 146 cm³/mol. The quantitative estimate of drug-likeness (QED) is 0.315. The number of piperidine rings is 1. The summed E-state index contributed by atoms with van der Waals surface area (Å²) in [7, 11) is 0. The SMILES string of the molecule is CCOC(=O)CCNC(=O)[C@H](CC(F)F)NC(=O)[C@@H]1[C@@H]2[C@H](CN1C(=O)[C@@H](NC(=O)OC(C)(C)C)C(C)(C)C)C2(C)C. The Hall–Kier alpha value is -2.99. The molecule has 11 nitrogen and oxygen atoms in total. The third-order valence-corrected chi connectivity index (χ3v) is 7.51. The number of esters is 1. The molecule has 5 atom stereocenters. The van der Waals surface area contributed by atoms with Crippen LogP contribution in [0.2, 0.25) is 0 Å². The summed E-state index contributed by atoms with van der Waals surface area (Å²) in [6.07, 6.45) is -4.78. The average Bonchev–Trinajstić information content (AvgIpc) is 3.13. The van der Waals surface area contributed by atoms with Gasteiger partial charge in [-0.2, -0.15) is 0 Å². The Kier molecular flexibility index (Phi) is 10.8. The molecule has 3 N–H and O–H groups in total. The van der Waals surface area contributed by atoms with Crippen LogP contribution in [0.25, 0.3) is 0 Å². The van der Waals surface area contributed by atoms with Crippen LogP contribution >= 0.6 is 0 Å². The second kappa shape index (κ2) is 12.9. The van der Waals surface area contributed by atoms with Gasteiger partial charge in [0.05, 0.1) is 13.0 Å². The molecule has 4 amide bonds. The summed E-state index contributed by atoms with van der Waals surface area (Å²) >= 11 is 0. The van der Waals surface area contributed by atoms with E-state index in [0.29, 0.717) is 0 Å². The highest BCUT2D eigenvalue weighted by atomic mass is 19.3. The number of alkyl carbamates (subject to hydrolysis) is 1. The molecule has 41 heavy (non-hydrogen) atoms. The lowest BCUT2D eigenvalue weighted by molar-refractivity contribution is -0.144. The van der Waals surface area contributed by atoms with Gasteiger partial charge in [-0.25, -0.2) is 13.6 Å². The molecule has 0 radical (unpaired) electrons. The number of fused-ring (bicyclic) bond motifs is 1. The standard InChI is InChI=1S/C28H46F2N4O7/c1-10-40-18(35)11-12-31-22(36)16(13-17(29)30)32-23(37)20-19-15(28(19,8)9)14-34(20)24(38)21(26(2,3)4)33-25(39)41-27(5,6)7/h15-17,19-21H,10-14H2,1-9H3,(H,31,36)(H,32,37)(H,33,39)/t15-,16-,19-,20-,21+/m0/s1. The van der Waals surface area contributed by atoms with Crippen molar-refractivity contribution in [3.63, 3.8) is 0 Å². The molecule has 2 aliphatic rings. The van der Waals surface area contributed by atoms with Crippen molar-refractivity contribution in [1.29, 1.82) is 0 Å². The molecule has 1 heterocycles. The largest absolute Gasteiger partial charge is 0.466 e. The molecule has 0 spiro atoms. The Morgan fingerprint density at radius 2 is 1.63 bits per heavy atom. The van der Waals surface area contributed by atoms with Crippen LogP contribution in [0.5, 0.6) is 0 Å². The number of halogens is 2. The number of carbonyl (C=O) groups is 5. The summed E-state index contributed by atoms with van der Waals surface area (Å²) in [5.74, 6) is -2.94. The maximum absolute atomic E-state index is 13.9. The normalized spacial score (nSPS) is 22.7. The number of rotatable bonds is 11. The van der Waals surface area contributed by atoms with Crippen LogP contribution in [-0.2, 0) is 28.7 Å². The first-order valence-corrected chi connectivity index (χ1v) is 14.0. The van der Waals surface area contributed by atoms with E-state index in [0.717, 1.165) is 0 Å². The Morgan fingerprint density at radius 3 is 2.15 bits per heavy atom. The molecule has 2 rings (SSSR count). The summed E-state index contributed by atoms with van der Waals surface area (Å²) in [5.41, 5.74) is -1.84. The Balaban J connectivity index is 2.25. The number of carbonyl (C=O) groups excluding carboxylic acids is 5. The number of amides is 4. The van der Waals surface area contributed by atoms with Gasteiger partial charge in [-0.05, 0) is 50.4 Å². The van der Waals surface area contributed by atoms with Crippen LogP contribution in [0, 0.1) is 22.7 Å². The third-order valence-electron chi connectivity index (χ3n) is 7.51. The van der Waals surface area contributed by atoms with Gasteiger partial charge < -0.3 is 30.3 Å². The minimum atomic E-state index is -2.90. The van der Waals surface area contributed by atoms with Crippen LogP contribution in [-0.4, -0.2) is 84.5 Å². The zero-order valence-electron chi connectivity index (χ0n) is 25.6. The number of hydrogen-bond acceptors (Lipinski definition) is 7. The van der Waals surface area contributed by atoms with Gasteiger partial charge in [0, 0.05) is 19.5 Å². The molecule has 0 unspecified atom stereocenters. The predicted octanol–water partition coefficient (Wildman–Crippen LogP) is 2.62. The maximum Gasteiger partial charge on any atom is 0.408 e. The molecule has 1 saturated heterocycles. The lowest BCUT2D eigenvalue weighted by atomic mass is 9.85. The molecule has 234 valence electrons. The first kappa shape index (κ1) is 34.2. The summed E-state index contributed by atoms with van der Waals surface area (Å²) in [6.45, 7) is 16.2. The Morgan fingerprint density at radius 1 is 1.02 bits per heavy atom. The van der Waals surface area contributed by atoms with Crippen molar-refractivity contribution in [1.82, 2.24) is 20.9 Å². The van der Waals surface area contributed by atoms with E-state index in [-0.39, 0.29) is 43.4 Å². The highest BCUT2D eigenvalue weighted by Gasteiger charge is 2.70. The van der Waals surface area contributed by atoms with E-state index in [2.05, 4.69) is 16.0 Å². The summed E-state index contributed by atoms with van der Waals surface area (Å²) in [4.78, 5) is 65.7. The fourth-order valence-corrected chi connectivity index (χ4v) is 5.36. The van der Waals surface area contributed by atoms with Crippen LogP contribution in [0.15, 0.2) is 0 Å². The minimum absolute atomic E-state index is 0.0173. The molecule has 0 aromatic rings. The number of likely N-dealkylation sites (tertiary alicyclic amines) is 1. The number of ether oxygens (including phenoxy) is 2. The summed E-state index contributed by atoms with van der Waals surface area (Å²) in [5, 5.41) is 7.46. The third kappa shape index (κ3) is 9.00. The number of alkyl halides is 2. The van der Waals surface area contributed by atoms with E-state index in [1.165, 1.54) is 4.90 Å². The van der Waals surface area contributed by atoms with Gasteiger partial charge >= 0.3 is 12.1 Å². The Labute approximate surface area is 240 Å². The van der Waals surface area contributed by atoms with Gasteiger partial charge in [0.25, 0.3) is 0 Å². The van der Waals surface area contributed by atoms with Crippen molar-refractivity contribution >= 4 is 29.8 Å². The van der Waals surface area contributed by atoms with E-state index in [4.69, 9.17) is 9.47 Å². The zero-order chi connectivity index (χ0) is 31.5. The maximum atomic E-state index is 13.9. The highest BCUT2D eigenvalue weighted by molar-refractivity contribution is 5.95. The van der Waals surface area contributed by atoms with E-state index >= 15 is 0 Å². The smallest absolute Gasteiger partial charge is 0.408 e. The van der Waals surface area contributed by atoms with Gasteiger partial charge in [0.15, 0.2) is 0 Å². The second-order valence-corrected chi connectivity index (χ2v) is 13.4. The number of nitrogens with one attached hydrogen (secondary N) is 3. The van der Waals surface area contributed by atoms with Gasteiger partial charge in [0.2, 0.25) is 24.1 Å². The topological polar surface area (TPSA) is 143 Å². The molecular formula is C28H46F2N4O7. The van der Waals surface area contributed by atoms with E-state index < -0.39 is 71.8 Å². The van der Waals surface area contributed by atoms with Gasteiger partial charge in [-0.15, -0.1) is 0 Å². The molecule has 13 heteroatoms. The van der Waals surface area contributed by atoms with E-state index in [1.54, 1.807) is 48.5 Å². The van der Waals surface area contributed by atoms with Crippen LogP contribution in [0.1, 0.15) is 75.2 Å². The van der Waals surface area contributed by atoms with Crippen molar-refractivity contribution in [2.24, 2.45) is 22.7 Å². The minimum Gasteiger partial charge on any atom is -0.466 e. The van der Waals surface area contributed by atoms with Crippen molar-refractivity contribution in [2.75, 3.05) is 19.7 Å². The molecule has 1 aliphatic carbocycles. The average molecular weight is 589 g/mol. The lowest BCUT2D eigenvalue weighted by Gasteiger charge is -2.38. The lowest BCUT2D eigenvalue weighted by Crippen LogP contribution is -2.61. The van der Waals surface area contributed by atoms with Crippen LogP contribution in [0.4, 0.5) is 13.6 Å². The molecule has 1 saturated carbocycles. The molecule has 2 fully saturated rings. The number of nitrogens with zero attached hydrogens (tertiary/aromatic N) is 1. The van der Waals surface area contributed by atoms with Gasteiger partial charge in [0.1, 0.15) is 23.7 Å². The highest BCUT2D eigenvalue weighted by Crippen LogP contribution is 2.65. The van der Waals surface area contributed by atoms with Crippen molar-refractivity contribution in [3.8, 4) is 0 Å². The number of hydrogen-bond donors (Lipinski definition) is 3. The fourth-order valence-electron chi connectivity index (χ4n) is 5.36. The summed E-state index contributed by atoms with van der Waals surface area (Å²) < 4.78 is 36.9. The van der Waals surface area contributed by atoms with E-state index in [1.807, 2.05) is 13.8 Å². The molecule has 0 bridgehead atoms. The Bertz CT molecular complexity index is 1010.